The summed E-state index contributed by atoms with van der Waals surface area (Å²) in [5.41, 5.74) is 9.75. The molecule has 114 valence electrons. The number of nitrogens with two attached hydrogens (primary N) is 1. The lowest BCUT2D eigenvalue weighted by Crippen LogP contribution is -2.32. The Morgan fingerprint density at radius 2 is 2.10 bits per heavy atom. The van der Waals surface area contributed by atoms with E-state index in [2.05, 4.69) is 25.2 Å². The van der Waals surface area contributed by atoms with Gasteiger partial charge >= 0.3 is 0 Å². The quantitative estimate of drug-likeness (QED) is 0.838. The number of aromatic nitrogens is 1. The van der Waals surface area contributed by atoms with Crippen LogP contribution in [0.25, 0.3) is 0 Å². The number of thiocarbonyl (C=S) groups is 1. The van der Waals surface area contributed by atoms with E-state index >= 15 is 0 Å². The van der Waals surface area contributed by atoms with Gasteiger partial charge in [0.05, 0.1) is 5.56 Å². The van der Waals surface area contributed by atoms with Crippen LogP contribution in [0.4, 0.5) is 5.82 Å². The Hall–Kier alpha value is -1.16. The van der Waals surface area contributed by atoms with Gasteiger partial charge in [-0.2, -0.15) is 0 Å². The van der Waals surface area contributed by atoms with Crippen LogP contribution >= 0.6 is 12.2 Å². The molecule has 3 nitrogen and oxygen atoms in total. The average molecular weight is 303 g/mol. The first-order valence-corrected chi connectivity index (χ1v) is 8.47. The van der Waals surface area contributed by atoms with E-state index in [0.717, 1.165) is 24.2 Å². The van der Waals surface area contributed by atoms with Crippen LogP contribution in [0.2, 0.25) is 0 Å². The van der Waals surface area contributed by atoms with Gasteiger partial charge < -0.3 is 11.1 Å². The normalized spacial score (nSPS) is 23.6. The van der Waals surface area contributed by atoms with Crippen molar-refractivity contribution in [3.8, 4) is 0 Å². The van der Waals surface area contributed by atoms with Crippen LogP contribution in [0.3, 0.4) is 0 Å². The van der Waals surface area contributed by atoms with E-state index in [-0.39, 0.29) is 0 Å². The Balaban J connectivity index is 1.94. The van der Waals surface area contributed by atoms with Gasteiger partial charge in [0.15, 0.2) is 0 Å². The molecule has 0 aliphatic heterocycles. The largest absolute Gasteiger partial charge is 0.389 e. The van der Waals surface area contributed by atoms with E-state index in [1.54, 1.807) is 0 Å². The fourth-order valence-electron chi connectivity index (χ4n) is 3.69. The van der Waals surface area contributed by atoms with Crippen molar-refractivity contribution in [1.82, 2.24) is 4.98 Å². The second-order valence-electron chi connectivity index (χ2n) is 7.14. The van der Waals surface area contributed by atoms with E-state index in [0.29, 0.717) is 16.4 Å². The highest BCUT2D eigenvalue weighted by atomic mass is 32.1. The molecule has 1 fully saturated rings. The third-order valence-electron chi connectivity index (χ3n) is 5.13. The summed E-state index contributed by atoms with van der Waals surface area (Å²) >= 11 is 5.25. The number of nitrogens with zero attached hydrogens (tertiary/aromatic N) is 1. The first-order valence-electron chi connectivity index (χ1n) is 8.06. The van der Waals surface area contributed by atoms with Crippen LogP contribution < -0.4 is 11.1 Å². The molecular weight excluding hydrogens is 278 g/mol. The number of nitrogens with one attached hydrogen (secondary N) is 1. The Bertz CT molecular complexity index is 565. The van der Waals surface area contributed by atoms with Gasteiger partial charge in [-0.3, -0.25) is 0 Å². The number of aryl methyl sites for hydroxylation is 2. The van der Waals surface area contributed by atoms with Gasteiger partial charge in [-0.25, -0.2) is 4.98 Å². The van der Waals surface area contributed by atoms with Gasteiger partial charge in [0.2, 0.25) is 0 Å². The average Bonchev–Trinajstić information content (AvgIpc) is 2.77. The molecule has 1 saturated carbocycles. The van der Waals surface area contributed by atoms with Crippen molar-refractivity contribution in [2.24, 2.45) is 11.1 Å². The Kier molecular flexibility index (Phi) is 3.91. The van der Waals surface area contributed by atoms with Gasteiger partial charge in [0.25, 0.3) is 0 Å². The van der Waals surface area contributed by atoms with E-state index in [9.17, 15) is 0 Å². The highest BCUT2D eigenvalue weighted by molar-refractivity contribution is 7.80. The third-order valence-corrected chi connectivity index (χ3v) is 5.35. The summed E-state index contributed by atoms with van der Waals surface area (Å²) in [6.45, 7) is 4.66. The zero-order valence-corrected chi connectivity index (χ0v) is 13.9. The molecule has 1 unspecified atom stereocenters. The first kappa shape index (κ1) is 14.8. The summed E-state index contributed by atoms with van der Waals surface area (Å²) in [6.07, 6.45) is 8.40. The molecule has 4 heteroatoms. The predicted octanol–water partition coefficient (Wildman–Crippen LogP) is 3.59. The van der Waals surface area contributed by atoms with Crippen LogP contribution in [0.5, 0.6) is 0 Å². The number of fused-ring (bicyclic) bond motifs is 1. The minimum atomic E-state index is 0.311. The highest BCUT2D eigenvalue weighted by Gasteiger charge is 2.35. The Labute approximate surface area is 132 Å². The fraction of sp³-hybridized carbons (Fsp3) is 0.647. The summed E-state index contributed by atoms with van der Waals surface area (Å²) in [6, 6.07) is 2.63. The summed E-state index contributed by atoms with van der Waals surface area (Å²) in [5.74, 6) is 0.906. The van der Waals surface area contributed by atoms with Crippen LogP contribution in [0.15, 0.2) is 6.07 Å². The van der Waals surface area contributed by atoms with Crippen molar-refractivity contribution in [1.29, 1.82) is 0 Å². The molecule has 1 atom stereocenters. The molecule has 21 heavy (non-hydrogen) atoms. The summed E-state index contributed by atoms with van der Waals surface area (Å²) < 4.78 is 0. The van der Waals surface area contributed by atoms with E-state index in [1.807, 2.05) is 0 Å². The molecule has 3 N–H and O–H groups in total. The zero-order chi connectivity index (χ0) is 15.0. The molecule has 0 saturated heterocycles. The smallest absolute Gasteiger partial charge is 0.136 e. The fourth-order valence-corrected chi connectivity index (χ4v) is 3.85. The van der Waals surface area contributed by atoms with Crippen molar-refractivity contribution >= 4 is 23.0 Å². The first-order chi connectivity index (χ1) is 9.97. The number of pyridine rings is 1. The van der Waals surface area contributed by atoms with E-state index < -0.39 is 0 Å². The summed E-state index contributed by atoms with van der Waals surface area (Å²) in [7, 11) is 0. The summed E-state index contributed by atoms with van der Waals surface area (Å²) in [4.78, 5) is 5.34. The highest BCUT2D eigenvalue weighted by Crippen LogP contribution is 2.39. The van der Waals surface area contributed by atoms with Crippen molar-refractivity contribution in [2.45, 2.75) is 64.8 Å². The van der Waals surface area contributed by atoms with Crippen molar-refractivity contribution < 1.29 is 0 Å². The summed E-state index contributed by atoms with van der Waals surface area (Å²) in [5, 5.41) is 3.65. The van der Waals surface area contributed by atoms with Crippen LogP contribution in [-0.2, 0) is 12.8 Å². The lowest BCUT2D eigenvalue weighted by molar-refractivity contribution is 0.349. The van der Waals surface area contributed by atoms with Gasteiger partial charge in [-0.15, -0.1) is 0 Å². The van der Waals surface area contributed by atoms with Crippen LogP contribution in [-0.4, -0.2) is 16.0 Å². The van der Waals surface area contributed by atoms with Crippen molar-refractivity contribution in [3.63, 3.8) is 0 Å². The molecule has 1 heterocycles. The van der Waals surface area contributed by atoms with Gasteiger partial charge in [0.1, 0.15) is 10.8 Å². The maximum atomic E-state index is 5.94. The molecule has 3 rings (SSSR count). The van der Waals surface area contributed by atoms with Gasteiger partial charge in [0, 0.05) is 11.7 Å². The van der Waals surface area contributed by atoms with Gasteiger partial charge in [-0.05, 0) is 55.6 Å². The molecular formula is C17H25N3S. The molecule has 2 aliphatic rings. The molecule has 0 bridgehead atoms. The lowest BCUT2D eigenvalue weighted by Gasteiger charge is -2.29. The second kappa shape index (κ2) is 5.56. The zero-order valence-electron chi connectivity index (χ0n) is 13.0. The molecule has 1 aromatic rings. The van der Waals surface area contributed by atoms with Crippen molar-refractivity contribution in [3.05, 3.63) is 22.9 Å². The monoisotopic (exact) mass is 303 g/mol. The Morgan fingerprint density at radius 1 is 1.33 bits per heavy atom. The molecule has 0 amide bonds. The molecule has 1 aromatic heterocycles. The second-order valence-corrected chi connectivity index (χ2v) is 7.58. The number of rotatable bonds is 3. The van der Waals surface area contributed by atoms with E-state index in [4.69, 9.17) is 22.9 Å². The molecule has 0 aromatic carbocycles. The molecule has 2 aliphatic carbocycles. The van der Waals surface area contributed by atoms with E-state index in [1.165, 1.54) is 43.4 Å². The third kappa shape index (κ3) is 2.91. The van der Waals surface area contributed by atoms with Crippen LogP contribution in [0.1, 0.15) is 62.8 Å². The van der Waals surface area contributed by atoms with Gasteiger partial charge in [-0.1, -0.05) is 32.5 Å². The molecule has 0 radical (unpaired) electrons. The van der Waals surface area contributed by atoms with Crippen LogP contribution in [0, 0.1) is 5.41 Å². The minimum absolute atomic E-state index is 0.311. The minimum Gasteiger partial charge on any atom is -0.389 e. The number of hydrogen-bond acceptors (Lipinski definition) is 3. The maximum Gasteiger partial charge on any atom is 0.136 e. The topological polar surface area (TPSA) is 50.9 Å². The standard InChI is InChI=1S/C17H25N3S/c1-17(2)9-5-8-14(17)20-16-12(15(18)21)10-11-6-3-4-7-13(11)19-16/h10,14H,3-9H2,1-2H3,(H2,18,21)(H,19,20). The Morgan fingerprint density at radius 3 is 2.76 bits per heavy atom. The molecule has 0 spiro atoms. The predicted molar refractivity (Wildman–Crippen MR) is 91.8 cm³/mol. The van der Waals surface area contributed by atoms with Crippen molar-refractivity contribution in [2.75, 3.05) is 5.32 Å². The lowest BCUT2D eigenvalue weighted by atomic mass is 9.87. The maximum absolute atomic E-state index is 5.94. The number of anilines is 1. The SMILES string of the molecule is CC1(C)CCCC1Nc1nc2c(cc1C(N)=S)CCCC2. The number of hydrogen-bond donors (Lipinski definition) is 2.